The lowest BCUT2D eigenvalue weighted by atomic mass is 10.0. The van der Waals surface area contributed by atoms with Crippen LogP contribution in [0.15, 0.2) is 35.1 Å². The number of amides is 1. The number of carbonyl (C=O) groups is 1. The van der Waals surface area contributed by atoms with Gasteiger partial charge in [-0.25, -0.2) is 4.79 Å². The number of rotatable bonds is 6. The number of aromatic nitrogens is 2. The maximum atomic E-state index is 13.0. The summed E-state index contributed by atoms with van der Waals surface area (Å²) in [4.78, 5) is 25.4. The Labute approximate surface area is 148 Å². The molecule has 0 bridgehead atoms. The van der Waals surface area contributed by atoms with Gasteiger partial charge in [0.25, 0.3) is 0 Å². The van der Waals surface area contributed by atoms with Crippen molar-refractivity contribution in [1.82, 2.24) is 14.5 Å². The molecule has 1 aromatic heterocycles. The monoisotopic (exact) mass is 341 g/mol. The minimum atomic E-state index is -0.118. The Bertz CT molecular complexity index is 844. The number of allylic oxidation sites excluding steroid dienone is 2. The van der Waals surface area contributed by atoms with E-state index in [1.54, 1.807) is 9.13 Å². The van der Waals surface area contributed by atoms with E-state index in [1.807, 2.05) is 31.2 Å². The minimum absolute atomic E-state index is 0.0632. The highest BCUT2D eigenvalue weighted by molar-refractivity contribution is 5.83. The molecule has 0 spiro atoms. The molecule has 1 unspecified atom stereocenters. The standard InChI is InChI=1S/C20H27N3O2/c1-3-9-15(2)21-19(24)14-22-17-12-7-8-13-18(17)23(20(22)25)16-10-5-4-6-11-16/h7-8,10,12-13,15H,3-6,9,11,14H2,1-2H3,(H,21,24). The van der Waals surface area contributed by atoms with Gasteiger partial charge in [-0.15, -0.1) is 0 Å². The number of hydrogen-bond acceptors (Lipinski definition) is 2. The van der Waals surface area contributed by atoms with Crippen LogP contribution in [0.1, 0.15) is 52.4 Å². The van der Waals surface area contributed by atoms with Crippen LogP contribution in [0.5, 0.6) is 0 Å². The number of nitrogens with one attached hydrogen (secondary N) is 1. The van der Waals surface area contributed by atoms with Crippen LogP contribution < -0.4 is 11.0 Å². The molecule has 3 rings (SSSR count). The Balaban J connectivity index is 1.96. The first-order chi connectivity index (χ1) is 12.1. The molecule has 1 heterocycles. The molecule has 1 N–H and O–H groups in total. The van der Waals surface area contributed by atoms with Crippen molar-refractivity contribution in [2.24, 2.45) is 0 Å². The first-order valence-electron chi connectivity index (χ1n) is 9.31. The molecule has 1 atom stereocenters. The Hall–Kier alpha value is -2.30. The van der Waals surface area contributed by atoms with E-state index in [1.165, 1.54) is 6.42 Å². The topological polar surface area (TPSA) is 56.0 Å². The average molecular weight is 341 g/mol. The van der Waals surface area contributed by atoms with Crippen molar-refractivity contribution in [3.05, 3.63) is 40.8 Å². The first-order valence-corrected chi connectivity index (χ1v) is 9.31. The van der Waals surface area contributed by atoms with Gasteiger partial charge in [-0.3, -0.25) is 13.9 Å². The third kappa shape index (κ3) is 3.70. The Kier molecular flexibility index (Phi) is 5.41. The molecule has 25 heavy (non-hydrogen) atoms. The van der Waals surface area contributed by atoms with Crippen LogP contribution in [-0.2, 0) is 11.3 Å². The van der Waals surface area contributed by atoms with Crippen LogP contribution in [0.3, 0.4) is 0 Å². The van der Waals surface area contributed by atoms with Gasteiger partial charge in [-0.1, -0.05) is 31.6 Å². The molecule has 5 heteroatoms. The normalized spacial score (nSPS) is 15.8. The summed E-state index contributed by atoms with van der Waals surface area (Å²) in [5.74, 6) is -0.108. The molecular formula is C20H27N3O2. The van der Waals surface area contributed by atoms with Crippen LogP contribution >= 0.6 is 0 Å². The van der Waals surface area contributed by atoms with Gasteiger partial charge < -0.3 is 5.32 Å². The number of nitrogens with zero attached hydrogens (tertiary/aromatic N) is 2. The highest BCUT2D eigenvalue weighted by Crippen LogP contribution is 2.24. The molecule has 1 amide bonds. The first kappa shape index (κ1) is 17.5. The molecule has 134 valence electrons. The van der Waals surface area contributed by atoms with Crippen LogP contribution in [0.2, 0.25) is 0 Å². The second-order valence-corrected chi connectivity index (χ2v) is 6.89. The molecule has 1 aliphatic carbocycles. The number of para-hydroxylation sites is 2. The molecule has 0 saturated carbocycles. The third-order valence-electron chi connectivity index (χ3n) is 4.82. The second-order valence-electron chi connectivity index (χ2n) is 6.89. The van der Waals surface area contributed by atoms with Gasteiger partial charge in [0.15, 0.2) is 0 Å². The van der Waals surface area contributed by atoms with Crippen molar-refractivity contribution in [2.75, 3.05) is 0 Å². The Morgan fingerprint density at radius 2 is 2.00 bits per heavy atom. The Morgan fingerprint density at radius 3 is 2.68 bits per heavy atom. The molecule has 0 radical (unpaired) electrons. The summed E-state index contributed by atoms with van der Waals surface area (Å²) in [6.45, 7) is 4.16. The van der Waals surface area contributed by atoms with Gasteiger partial charge in [0.2, 0.25) is 5.91 Å². The van der Waals surface area contributed by atoms with Crippen molar-refractivity contribution < 1.29 is 4.79 Å². The molecule has 0 fully saturated rings. The maximum absolute atomic E-state index is 13.0. The number of fused-ring (bicyclic) bond motifs is 1. The van der Waals surface area contributed by atoms with E-state index in [2.05, 4.69) is 18.3 Å². The minimum Gasteiger partial charge on any atom is -0.352 e. The summed E-state index contributed by atoms with van der Waals surface area (Å²) in [6, 6.07) is 7.85. The van der Waals surface area contributed by atoms with Gasteiger partial charge in [0.1, 0.15) is 6.54 Å². The number of carbonyl (C=O) groups excluding carboxylic acids is 1. The predicted molar refractivity (Wildman–Crippen MR) is 101 cm³/mol. The zero-order valence-electron chi connectivity index (χ0n) is 15.1. The second kappa shape index (κ2) is 7.72. The summed E-state index contributed by atoms with van der Waals surface area (Å²) in [6.07, 6.45) is 8.32. The molecule has 5 nitrogen and oxygen atoms in total. The van der Waals surface area contributed by atoms with Gasteiger partial charge in [0, 0.05) is 11.7 Å². The number of benzene rings is 1. The summed E-state index contributed by atoms with van der Waals surface area (Å²) in [5, 5.41) is 2.99. The quantitative estimate of drug-likeness (QED) is 0.874. The van der Waals surface area contributed by atoms with Crippen LogP contribution in [0.25, 0.3) is 16.7 Å². The van der Waals surface area contributed by atoms with Crippen LogP contribution in [0.4, 0.5) is 0 Å². The van der Waals surface area contributed by atoms with Crippen LogP contribution in [-0.4, -0.2) is 21.1 Å². The lowest BCUT2D eigenvalue weighted by molar-refractivity contribution is -0.122. The molecule has 1 aromatic carbocycles. The predicted octanol–water partition coefficient (Wildman–Crippen LogP) is 3.52. The van der Waals surface area contributed by atoms with Gasteiger partial charge in [-0.05, 0) is 51.2 Å². The maximum Gasteiger partial charge on any atom is 0.333 e. The van der Waals surface area contributed by atoms with Crippen molar-refractivity contribution >= 4 is 22.6 Å². The van der Waals surface area contributed by atoms with E-state index in [0.29, 0.717) is 0 Å². The van der Waals surface area contributed by atoms with E-state index in [4.69, 9.17) is 0 Å². The summed E-state index contributed by atoms with van der Waals surface area (Å²) in [5.41, 5.74) is 2.64. The highest BCUT2D eigenvalue weighted by atomic mass is 16.2. The number of hydrogen-bond donors (Lipinski definition) is 1. The third-order valence-corrected chi connectivity index (χ3v) is 4.82. The van der Waals surface area contributed by atoms with E-state index in [-0.39, 0.29) is 24.2 Å². The van der Waals surface area contributed by atoms with Gasteiger partial charge in [-0.2, -0.15) is 0 Å². The smallest absolute Gasteiger partial charge is 0.333 e. The Morgan fingerprint density at radius 1 is 1.24 bits per heavy atom. The summed E-state index contributed by atoms with van der Waals surface area (Å²) < 4.78 is 3.38. The van der Waals surface area contributed by atoms with Crippen LogP contribution in [0, 0.1) is 0 Å². The fourth-order valence-electron chi connectivity index (χ4n) is 3.63. The molecule has 2 aromatic rings. The van der Waals surface area contributed by atoms with E-state index in [0.717, 1.165) is 48.8 Å². The van der Waals surface area contributed by atoms with Gasteiger partial charge in [0.05, 0.1) is 11.0 Å². The van der Waals surface area contributed by atoms with E-state index < -0.39 is 0 Å². The molecular weight excluding hydrogens is 314 g/mol. The van der Waals surface area contributed by atoms with E-state index in [9.17, 15) is 9.59 Å². The SMILES string of the molecule is CCCC(C)NC(=O)Cn1c(=O)n(C2=CCCCC2)c2ccccc21. The van der Waals surface area contributed by atoms with Crippen molar-refractivity contribution in [1.29, 1.82) is 0 Å². The molecule has 1 aliphatic rings. The molecule has 0 saturated heterocycles. The average Bonchev–Trinajstić information content (AvgIpc) is 2.88. The fraction of sp³-hybridized carbons (Fsp3) is 0.500. The summed E-state index contributed by atoms with van der Waals surface area (Å²) >= 11 is 0. The molecule has 0 aliphatic heterocycles. The lowest BCUT2D eigenvalue weighted by Gasteiger charge is -2.14. The lowest BCUT2D eigenvalue weighted by Crippen LogP contribution is -2.37. The van der Waals surface area contributed by atoms with Gasteiger partial charge >= 0.3 is 5.69 Å². The largest absolute Gasteiger partial charge is 0.352 e. The zero-order valence-corrected chi connectivity index (χ0v) is 15.1. The van der Waals surface area contributed by atoms with Crippen molar-refractivity contribution in [3.63, 3.8) is 0 Å². The summed E-state index contributed by atoms with van der Waals surface area (Å²) in [7, 11) is 0. The number of imidazole rings is 1. The van der Waals surface area contributed by atoms with Crippen molar-refractivity contribution in [3.8, 4) is 0 Å². The van der Waals surface area contributed by atoms with E-state index >= 15 is 0 Å². The highest BCUT2D eigenvalue weighted by Gasteiger charge is 2.19. The fourth-order valence-corrected chi connectivity index (χ4v) is 3.63. The zero-order chi connectivity index (χ0) is 17.8. The van der Waals surface area contributed by atoms with Crippen molar-refractivity contribution in [2.45, 2.75) is 65.0 Å².